The summed E-state index contributed by atoms with van der Waals surface area (Å²) >= 11 is 12.2. The van der Waals surface area contributed by atoms with Crippen LogP contribution >= 0.6 is 23.2 Å². The predicted molar refractivity (Wildman–Crippen MR) is 101 cm³/mol. The van der Waals surface area contributed by atoms with Crippen molar-refractivity contribution < 1.29 is 17.9 Å². The molecule has 2 saturated heterocycles. The Kier molecular flexibility index (Phi) is 6.45. The minimum absolute atomic E-state index is 0.0176. The molecule has 1 atom stereocenters. The summed E-state index contributed by atoms with van der Waals surface area (Å²) in [6.07, 6.45) is 1.37. The van der Waals surface area contributed by atoms with E-state index in [2.05, 4.69) is 0 Å². The molecule has 2 fully saturated rings. The molecule has 6 nitrogen and oxygen atoms in total. The van der Waals surface area contributed by atoms with Crippen molar-refractivity contribution in [3.05, 3.63) is 33.8 Å². The first-order valence-electron chi connectivity index (χ1n) is 8.66. The van der Waals surface area contributed by atoms with Crippen LogP contribution in [-0.2, 0) is 25.3 Å². The highest BCUT2D eigenvalue weighted by molar-refractivity contribution is 7.88. The van der Waals surface area contributed by atoms with E-state index in [4.69, 9.17) is 27.9 Å². The number of nitrogens with zero attached hydrogens (tertiary/aromatic N) is 2. The zero-order chi connectivity index (χ0) is 18.7. The van der Waals surface area contributed by atoms with Gasteiger partial charge in [-0.2, -0.15) is 0 Å². The monoisotopic (exact) mass is 420 g/mol. The van der Waals surface area contributed by atoms with Crippen molar-refractivity contribution in [3.63, 3.8) is 0 Å². The molecule has 0 unspecified atom stereocenters. The summed E-state index contributed by atoms with van der Waals surface area (Å²) in [5.41, 5.74) is 0.400. The minimum atomic E-state index is -3.61. The molecule has 1 aromatic rings. The number of halogens is 2. The van der Waals surface area contributed by atoms with E-state index in [-0.39, 0.29) is 24.1 Å². The molecule has 9 heteroatoms. The van der Waals surface area contributed by atoms with Crippen LogP contribution in [0.3, 0.4) is 0 Å². The Morgan fingerprint density at radius 3 is 2.46 bits per heavy atom. The number of morpholine rings is 1. The molecule has 26 heavy (non-hydrogen) atoms. The van der Waals surface area contributed by atoms with Gasteiger partial charge in [0.05, 0.1) is 24.9 Å². The van der Waals surface area contributed by atoms with Gasteiger partial charge >= 0.3 is 0 Å². The molecule has 0 radical (unpaired) electrons. The molecule has 2 heterocycles. The van der Waals surface area contributed by atoms with Gasteiger partial charge < -0.3 is 9.64 Å². The maximum absolute atomic E-state index is 12.9. The lowest BCUT2D eigenvalue weighted by Crippen LogP contribution is -2.49. The van der Waals surface area contributed by atoms with Crippen LogP contribution in [0.1, 0.15) is 18.4 Å². The van der Waals surface area contributed by atoms with Gasteiger partial charge in [-0.3, -0.25) is 4.79 Å². The molecule has 0 bridgehead atoms. The number of hydrogen-bond acceptors (Lipinski definition) is 4. The van der Waals surface area contributed by atoms with Crippen molar-refractivity contribution >= 4 is 39.1 Å². The molecule has 1 amide bonds. The summed E-state index contributed by atoms with van der Waals surface area (Å²) in [6.45, 7) is 2.82. The van der Waals surface area contributed by atoms with Gasteiger partial charge in [0.15, 0.2) is 0 Å². The Hall–Kier alpha value is -0.860. The molecule has 3 rings (SSSR count). The van der Waals surface area contributed by atoms with E-state index >= 15 is 0 Å². The van der Waals surface area contributed by atoms with Crippen molar-refractivity contribution in [2.45, 2.75) is 18.6 Å². The normalized spacial score (nSPS) is 22.4. The quantitative estimate of drug-likeness (QED) is 0.749. The molecule has 2 aliphatic rings. The van der Waals surface area contributed by atoms with Gasteiger partial charge in [-0.25, -0.2) is 12.7 Å². The third-order valence-electron chi connectivity index (χ3n) is 4.84. The second-order valence-electron chi connectivity index (χ2n) is 6.59. The molecule has 0 spiro atoms. The van der Waals surface area contributed by atoms with Crippen LogP contribution < -0.4 is 0 Å². The summed E-state index contributed by atoms with van der Waals surface area (Å²) < 4.78 is 32.4. The van der Waals surface area contributed by atoms with Gasteiger partial charge in [-0.15, -0.1) is 0 Å². The SMILES string of the molecule is O=C([C@@H]1CCCN(S(=O)(=O)Cc2c(Cl)cccc2Cl)C1)N1CCOCC1. The van der Waals surface area contributed by atoms with E-state index in [0.717, 1.165) is 0 Å². The summed E-state index contributed by atoms with van der Waals surface area (Å²) in [5.74, 6) is -0.549. The van der Waals surface area contributed by atoms with Crippen LogP contribution in [0.25, 0.3) is 0 Å². The van der Waals surface area contributed by atoms with Gasteiger partial charge in [-0.05, 0) is 25.0 Å². The second-order valence-corrected chi connectivity index (χ2v) is 9.37. The van der Waals surface area contributed by atoms with E-state index in [1.165, 1.54) is 4.31 Å². The first kappa shape index (κ1) is 19.9. The molecule has 2 aliphatic heterocycles. The Bertz CT molecular complexity index is 746. The standard InChI is InChI=1S/C17H22Cl2N2O4S/c18-15-4-1-5-16(19)14(15)12-26(23,24)21-6-2-3-13(11-21)17(22)20-7-9-25-10-8-20/h1,4-5,13H,2-3,6-12H2/t13-/m1/s1. The van der Waals surface area contributed by atoms with E-state index in [9.17, 15) is 13.2 Å². The Balaban J connectivity index is 1.70. The van der Waals surface area contributed by atoms with Gasteiger partial charge in [0, 0.05) is 41.8 Å². The smallest absolute Gasteiger partial charge is 0.227 e. The fraction of sp³-hybridized carbons (Fsp3) is 0.588. The summed E-state index contributed by atoms with van der Waals surface area (Å²) in [6, 6.07) is 4.93. The van der Waals surface area contributed by atoms with Crippen molar-refractivity contribution in [2.75, 3.05) is 39.4 Å². The average molecular weight is 421 g/mol. The molecular weight excluding hydrogens is 399 g/mol. The highest BCUT2D eigenvalue weighted by atomic mass is 35.5. The molecule has 0 saturated carbocycles. The second kappa shape index (κ2) is 8.44. The third-order valence-corrected chi connectivity index (χ3v) is 7.32. The van der Waals surface area contributed by atoms with E-state index in [0.29, 0.717) is 61.3 Å². The van der Waals surface area contributed by atoms with Gasteiger partial charge in [-0.1, -0.05) is 29.3 Å². The maximum atomic E-state index is 12.9. The third kappa shape index (κ3) is 4.51. The number of benzene rings is 1. The number of sulfonamides is 1. The number of carbonyl (C=O) groups excluding carboxylic acids is 1. The molecular formula is C17H22Cl2N2O4S. The van der Waals surface area contributed by atoms with Crippen molar-refractivity contribution in [3.8, 4) is 0 Å². The van der Waals surface area contributed by atoms with Gasteiger partial charge in [0.1, 0.15) is 0 Å². The first-order chi connectivity index (χ1) is 12.4. The van der Waals surface area contributed by atoms with E-state index in [1.54, 1.807) is 23.1 Å². The number of carbonyl (C=O) groups is 1. The van der Waals surface area contributed by atoms with E-state index in [1.807, 2.05) is 0 Å². The zero-order valence-electron chi connectivity index (χ0n) is 14.4. The van der Waals surface area contributed by atoms with Crippen molar-refractivity contribution in [1.82, 2.24) is 9.21 Å². The average Bonchev–Trinajstić information content (AvgIpc) is 2.65. The largest absolute Gasteiger partial charge is 0.378 e. The van der Waals surface area contributed by atoms with Crippen LogP contribution in [0.4, 0.5) is 0 Å². The van der Waals surface area contributed by atoms with Crippen LogP contribution in [-0.4, -0.2) is 62.9 Å². The highest BCUT2D eigenvalue weighted by Crippen LogP contribution is 2.29. The number of hydrogen-bond donors (Lipinski definition) is 0. The summed E-state index contributed by atoms with van der Waals surface area (Å²) in [5, 5.41) is 0.665. The molecule has 144 valence electrons. The van der Waals surface area contributed by atoms with E-state index < -0.39 is 10.0 Å². The summed E-state index contributed by atoms with van der Waals surface area (Å²) in [7, 11) is -3.61. The number of piperidine rings is 1. The minimum Gasteiger partial charge on any atom is -0.378 e. The number of ether oxygens (including phenoxy) is 1. The fourth-order valence-corrected chi connectivity index (χ4v) is 5.74. The fourth-order valence-electron chi connectivity index (χ4n) is 3.38. The predicted octanol–water partition coefficient (Wildman–Crippen LogP) is 2.39. The van der Waals surface area contributed by atoms with Gasteiger partial charge in [0.2, 0.25) is 15.9 Å². The molecule has 0 N–H and O–H groups in total. The van der Waals surface area contributed by atoms with Crippen LogP contribution in [0, 0.1) is 5.92 Å². The molecule has 0 aromatic heterocycles. The van der Waals surface area contributed by atoms with Crippen molar-refractivity contribution in [1.29, 1.82) is 0 Å². The number of amides is 1. The topological polar surface area (TPSA) is 66.9 Å². The van der Waals surface area contributed by atoms with Crippen molar-refractivity contribution in [2.24, 2.45) is 5.92 Å². The first-order valence-corrected chi connectivity index (χ1v) is 11.0. The number of rotatable bonds is 4. The zero-order valence-corrected chi connectivity index (χ0v) is 16.7. The Labute approximate surface area is 164 Å². The molecule has 1 aromatic carbocycles. The van der Waals surface area contributed by atoms with Gasteiger partial charge in [0.25, 0.3) is 0 Å². The van der Waals surface area contributed by atoms with Crippen LogP contribution in [0.15, 0.2) is 18.2 Å². The Morgan fingerprint density at radius 1 is 1.15 bits per heavy atom. The lowest BCUT2D eigenvalue weighted by molar-refractivity contribution is -0.140. The van der Waals surface area contributed by atoms with Crippen LogP contribution in [0.2, 0.25) is 10.0 Å². The maximum Gasteiger partial charge on any atom is 0.227 e. The lowest BCUT2D eigenvalue weighted by atomic mass is 9.98. The Morgan fingerprint density at radius 2 is 1.81 bits per heavy atom. The summed E-state index contributed by atoms with van der Waals surface area (Å²) in [4.78, 5) is 14.5. The highest BCUT2D eigenvalue weighted by Gasteiger charge is 2.35. The van der Waals surface area contributed by atoms with Crippen LogP contribution in [0.5, 0.6) is 0 Å². The lowest BCUT2D eigenvalue weighted by Gasteiger charge is -2.35. The molecule has 0 aliphatic carbocycles.